The van der Waals surface area contributed by atoms with Gasteiger partial charge in [-0.25, -0.2) is 4.85 Å². The average Bonchev–Trinajstić information content (AvgIpc) is 3.54. The zero-order valence-electron chi connectivity index (χ0n) is 30.8. The molecule has 0 saturated carbocycles. The van der Waals surface area contributed by atoms with Gasteiger partial charge in [-0.3, -0.25) is 0 Å². The number of rotatable bonds is 7. The second-order valence-electron chi connectivity index (χ2n) is 14.5. The molecule has 2 fully saturated rings. The lowest BCUT2D eigenvalue weighted by Gasteiger charge is -2.40. The Hall–Kier alpha value is -5.29. The lowest BCUT2D eigenvalue weighted by molar-refractivity contribution is 0.122. The molecule has 4 aliphatic rings. The van der Waals surface area contributed by atoms with E-state index in [0.717, 1.165) is 104 Å². The number of hydrogen-bond donors (Lipinski definition) is 0. The normalized spacial score (nSPS) is 18.2. The van der Waals surface area contributed by atoms with E-state index in [1.54, 1.807) is 7.11 Å². The highest BCUT2D eigenvalue weighted by atomic mass is 16.5. The van der Waals surface area contributed by atoms with Gasteiger partial charge in [0.15, 0.2) is 11.3 Å². The molecule has 53 heavy (non-hydrogen) atoms. The van der Waals surface area contributed by atoms with Gasteiger partial charge >= 0.3 is 0 Å². The van der Waals surface area contributed by atoms with E-state index >= 15 is 0 Å². The molecule has 268 valence electrons. The summed E-state index contributed by atoms with van der Waals surface area (Å²) < 4.78 is 24.8. The van der Waals surface area contributed by atoms with Gasteiger partial charge in [0, 0.05) is 65.0 Å². The Labute approximate surface area is 312 Å². The van der Waals surface area contributed by atoms with Crippen LogP contribution in [0.4, 0.5) is 17.1 Å². The highest BCUT2D eigenvalue weighted by molar-refractivity contribution is 6.09. The van der Waals surface area contributed by atoms with Crippen LogP contribution in [0, 0.1) is 6.57 Å². The van der Waals surface area contributed by atoms with Crippen LogP contribution >= 0.6 is 0 Å². The zero-order chi connectivity index (χ0) is 36.2. The number of morpholine rings is 2. The molecule has 0 radical (unpaired) electrons. The fourth-order valence-electron chi connectivity index (χ4n) is 9.32. The SMILES string of the molecule is [C-]#[N+]c1ccc2c(c1)C(CC)(CC)c1c3c(c4cc(OC)ccc4c1-2)OC(c1ccc(N2CCOCC2)cc1)(c1ccc(N2CCOCC2)cc1)C=C3. The van der Waals surface area contributed by atoms with E-state index in [9.17, 15) is 0 Å². The van der Waals surface area contributed by atoms with Crippen molar-refractivity contribution in [3.8, 4) is 22.6 Å². The average molecular weight is 704 g/mol. The Morgan fingerprint density at radius 1 is 0.736 bits per heavy atom. The number of anilines is 2. The van der Waals surface area contributed by atoms with E-state index in [2.05, 4.69) is 120 Å². The number of benzene rings is 5. The first-order valence-electron chi connectivity index (χ1n) is 19.0. The molecular weight excluding hydrogens is 659 g/mol. The van der Waals surface area contributed by atoms with Crippen LogP contribution in [0.25, 0.3) is 32.8 Å². The molecule has 1 aliphatic carbocycles. The molecule has 3 aliphatic heterocycles. The van der Waals surface area contributed by atoms with Crippen LogP contribution in [0.1, 0.15) is 54.5 Å². The molecule has 0 amide bonds. The topological polar surface area (TPSA) is 47.8 Å². The second-order valence-corrected chi connectivity index (χ2v) is 14.5. The first-order valence-corrected chi connectivity index (χ1v) is 19.0. The molecule has 2 saturated heterocycles. The van der Waals surface area contributed by atoms with E-state index in [1.807, 2.05) is 6.07 Å². The maximum absolute atomic E-state index is 7.85. The Bertz CT molecular complexity index is 2190. The third kappa shape index (κ3) is 5.22. The van der Waals surface area contributed by atoms with Crippen molar-refractivity contribution in [2.24, 2.45) is 0 Å². The van der Waals surface area contributed by atoms with Crippen LogP contribution < -0.4 is 19.3 Å². The van der Waals surface area contributed by atoms with Crippen LogP contribution in [-0.2, 0) is 20.5 Å². The lowest BCUT2D eigenvalue weighted by atomic mass is 9.71. The lowest BCUT2D eigenvalue weighted by Crippen LogP contribution is -2.37. The first kappa shape index (κ1) is 33.5. The molecule has 0 unspecified atom stereocenters. The minimum atomic E-state index is -0.895. The minimum absolute atomic E-state index is 0.267. The maximum Gasteiger partial charge on any atom is 0.187 e. The van der Waals surface area contributed by atoms with Crippen LogP contribution in [-0.4, -0.2) is 59.7 Å². The van der Waals surface area contributed by atoms with Crippen molar-refractivity contribution in [2.75, 3.05) is 69.5 Å². The van der Waals surface area contributed by atoms with Gasteiger partial charge in [-0.15, -0.1) is 0 Å². The summed E-state index contributed by atoms with van der Waals surface area (Å²) in [5.41, 5.74) is 10.1. The third-order valence-corrected chi connectivity index (χ3v) is 12.2. The molecule has 5 aromatic carbocycles. The Kier molecular flexibility index (Phi) is 8.41. The summed E-state index contributed by atoms with van der Waals surface area (Å²) in [4.78, 5) is 8.63. The van der Waals surface area contributed by atoms with Gasteiger partial charge in [-0.2, -0.15) is 0 Å². The summed E-state index contributed by atoms with van der Waals surface area (Å²) in [6.45, 7) is 18.9. The quantitative estimate of drug-likeness (QED) is 0.158. The molecule has 0 spiro atoms. The first-order chi connectivity index (χ1) is 26.0. The van der Waals surface area contributed by atoms with Crippen LogP contribution in [0.15, 0.2) is 91.0 Å². The Morgan fingerprint density at radius 2 is 1.34 bits per heavy atom. The monoisotopic (exact) mass is 703 g/mol. The highest BCUT2D eigenvalue weighted by Crippen LogP contribution is 2.61. The summed E-state index contributed by atoms with van der Waals surface area (Å²) in [6.07, 6.45) is 6.41. The fraction of sp³-hybridized carbons (Fsp3) is 0.326. The van der Waals surface area contributed by atoms with Gasteiger partial charge < -0.3 is 28.7 Å². The predicted molar refractivity (Wildman–Crippen MR) is 213 cm³/mol. The molecule has 7 nitrogen and oxygen atoms in total. The Balaban J connectivity index is 1.27. The number of fused-ring (bicyclic) bond motifs is 8. The predicted octanol–water partition coefficient (Wildman–Crippen LogP) is 9.51. The molecule has 3 heterocycles. The van der Waals surface area contributed by atoms with E-state index in [1.165, 1.54) is 33.6 Å². The summed E-state index contributed by atoms with van der Waals surface area (Å²) in [5.74, 6) is 1.64. The minimum Gasteiger partial charge on any atom is -0.497 e. The van der Waals surface area contributed by atoms with Gasteiger partial charge in [-0.05, 0) is 89.0 Å². The second kappa shape index (κ2) is 13.3. The molecule has 7 heteroatoms. The summed E-state index contributed by atoms with van der Waals surface area (Å²) in [6, 6.07) is 30.5. The van der Waals surface area contributed by atoms with Gasteiger partial charge in [0.25, 0.3) is 0 Å². The van der Waals surface area contributed by atoms with Crippen molar-refractivity contribution in [2.45, 2.75) is 37.7 Å². The van der Waals surface area contributed by atoms with Crippen molar-refractivity contribution in [3.05, 3.63) is 130 Å². The van der Waals surface area contributed by atoms with Crippen molar-refractivity contribution < 1.29 is 18.9 Å². The number of ether oxygens (including phenoxy) is 4. The third-order valence-electron chi connectivity index (χ3n) is 12.2. The zero-order valence-corrected chi connectivity index (χ0v) is 30.8. The fourth-order valence-corrected chi connectivity index (χ4v) is 9.32. The Morgan fingerprint density at radius 3 is 1.89 bits per heavy atom. The smallest absolute Gasteiger partial charge is 0.187 e. The van der Waals surface area contributed by atoms with Crippen molar-refractivity contribution >= 4 is 33.9 Å². The van der Waals surface area contributed by atoms with Gasteiger partial charge in [0.05, 0.1) is 40.1 Å². The standard InChI is InChI=1S/C46H45N3O4/c1-5-45(6-2)41-29-33(47-3)11-17-38(41)42-37-18-16-36(50-4)30-40(37)44-39(43(42)45)19-20-46(53-44,31-7-12-34(13-8-31)48-21-25-51-26-22-48)32-9-14-35(15-10-32)49-23-27-52-28-24-49/h7-20,29-30H,5-6,21-28H2,1-2,4H3. The van der Waals surface area contributed by atoms with E-state index in [-0.39, 0.29) is 5.41 Å². The van der Waals surface area contributed by atoms with Crippen LogP contribution in [0.3, 0.4) is 0 Å². The molecule has 5 aromatic rings. The number of nitrogens with zero attached hydrogens (tertiary/aromatic N) is 3. The van der Waals surface area contributed by atoms with Crippen LogP contribution in [0.2, 0.25) is 0 Å². The van der Waals surface area contributed by atoms with Crippen molar-refractivity contribution in [3.63, 3.8) is 0 Å². The van der Waals surface area contributed by atoms with Crippen molar-refractivity contribution in [1.82, 2.24) is 0 Å². The summed E-state index contributed by atoms with van der Waals surface area (Å²) in [7, 11) is 1.72. The highest BCUT2D eigenvalue weighted by Gasteiger charge is 2.47. The van der Waals surface area contributed by atoms with E-state index in [4.69, 9.17) is 25.5 Å². The number of hydrogen-bond acceptors (Lipinski definition) is 6. The van der Waals surface area contributed by atoms with E-state index in [0.29, 0.717) is 5.69 Å². The van der Waals surface area contributed by atoms with Crippen LogP contribution in [0.5, 0.6) is 11.5 Å². The molecule has 0 bridgehead atoms. The summed E-state index contributed by atoms with van der Waals surface area (Å²) >= 11 is 0. The molecule has 0 atom stereocenters. The van der Waals surface area contributed by atoms with Gasteiger partial charge in [0.1, 0.15) is 11.5 Å². The van der Waals surface area contributed by atoms with Crippen molar-refractivity contribution in [1.29, 1.82) is 0 Å². The molecule has 0 aromatic heterocycles. The summed E-state index contributed by atoms with van der Waals surface area (Å²) in [5, 5.41) is 2.15. The number of methoxy groups -OCH3 is 1. The largest absolute Gasteiger partial charge is 0.497 e. The van der Waals surface area contributed by atoms with Gasteiger partial charge in [0.2, 0.25) is 0 Å². The molecular formula is C46H45N3O4. The van der Waals surface area contributed by atoms with E-state index < -0.39 is 5.60 Å². The maximum atomic E-state index is 7.85. The van der Waals surface area contributed by atoms with Gasteiger partial charge in [-0.1, -0.05) is 62.4 Å². The molecule has 9 rings (SSSR count). The molecule has 0 N–H and O–H groups in total.